The zero-order chi connectivity index (χ0) is 15.3. The Hall–Kier alpha value is -0.570. The minimum Gasteiger partial charge on any atom is -0.481 e. The monoisotopic (exact) mass is 298 g/mol. The molecule has 0 amide bonds. The number of carbonyl (C=O) groups is 1. The van der Waals surface area contributed by atoms with Crippen LogP contribution < -0.4 is 0 Å². The summed E-state index contributed by atoms with van der Waals surface area (Å²) in [6, 6.07) is 0. The van der Waals surface area contributed by atoms with Gasteiger partial charge in [0.25, 0.3) is 0 Å². The molecule has 0 saturated heterocycles. The lowest BCUT2D eigenvalue weighted by Crippen LogP contribution is -2.07. The first-order valence-electron chi connectivity index (χ1n) is 9.05. The number of carboxylic acid groups (broad SMARTS) is 1. The zero-order valence-electron chi connectivity index (χ0n) is 13.6. The molecule has 0 aromatic carbocycles. The van der Waals surface area contributed by atoms with E-state index in [9.17, 15) is 4.79 Å². The fourth-order valence-electron chi connectivity index (χ4n) is 3.68. The largest absolute Gasteiger partial charge is 0.481 e. The van der Waals surface area contributed by atoms with Crippen LogP contribution in [0.3, 0.4) is 0 Å². The summed E-state index contributed by atoms with van der Waals surface area (Å²) in [6.45, 7) is 0.394. The molecule has 3 heteroatoms. The Morgan fingerprint density at radius 3 is 1.71 bits per heavy atom. The Morgan fingerprint density at radius 2 is 1.29 bits per heavy atom. The maximum absolute atomic E-state index is 10.2. The highest BCUT2D eigenvalue weighted by molar-refractivity contribution is 5.66. The average Bonchev–Trinajstić information content (AvgIpc) is 2.50. The molecule has 0 atom stereocenters. The van der Waals surface area contributed by atoms with Gasteiger partial charge in [-0.3, -0.25) is 4.79 Å². The van der Waals surface area contributed by atoms with Crippen molar-refractivity contribution >= 4 is 5.97 Å². The molecule has 2 saturated carbocycles. The summed E-state index contributed by atoms with van der Waals surface area (Å²) in [6.07, 6.45) is 17.1. The van der Waals surface area contributed by atoms with E-state index >= 15 is 0 Å². The lowest BCUT2D eigenvalue weighted by molar-refractivity contribution is -0.137. The van der Waals surface area contributed by atoms with Crippen LogP contribution in [0.5, 0.6) is 0 Å². The summed E-state index contributed by atoms with van der Waals surface area (Å²) < 4.78 is 0. The van der Waals surface area contributed by atoms with Gasteiger partial charge in [0.05, 0.1) is 0 Å². The third kappa shape index (κ3) is 9.89. The highest BCUT2D eigenvalue weighted by atomic mass is 16.4. The second kappa shape index (κ2) is 12.0. The molecule has 2 fully saturated rings. The molecule has 0 spiro atoms. The second-order valence-electron chi connectivity index (χ2n) is 6.81. The quantitative estimate of drug-likeness (QED) is 0.742. The number of aliphatic carboxylic acids is 1. The van der Waals surface area contributed by atoms with Gasteiger partial charge in [0.1, 0.15) is 0 Å². The fraction of sp³-hybridized carbons (Fsp3) is 0.944. The first kappa shape index (κ1) is 18.5. The predicted molar refractivity (Wildman–Crippen MR) is 86.3 cm³/mol. The van der Waals surface area contributed by atoms with E-state index in [1.807, 2.05) is 0 Å². The summed E-state index contributed by atoms with van der Waals surface area (Å²) in [5.74, 6) is 1.03. The van der Waals surface area contributed by atoms with Gasteiger partial charge in [0.15, 0.2) is 0 Å². The van der Waals surface area contributed by atoms with Crippen LogP contribution in [0.2, 0.25) is 0 Å². The fourth-order valence-corrected chi connectivity index (χ4v) is 3.68. The van der Waals surface area contributed by atoms with Crippen LogP contribution in [0.25, 0.3) is 0 Å². The SMILES string of the molecule is O=C(O)CCCC1CCCCC1.OCCC1CCCCC1. The molecule has 124 valence electrons. The maximum atomic E-state index is 10.2. The molecule has 2 N–H and O–H groups in total. The lowest BCUT2D eigenvalue weighted by atomic mass is 9.86. The van der Waals surface area contributed by atoms with Crippen LogP contribution in [-0.4, -0.2) is 22.8 Å². The van der Waals surface area contributed by atoms with E-state index in [-0.39, 0.29) is 0 Å². The summed E-state index contributed by atoms with van der Waals surface area (Å²) >= 11 is 0. The number of hydrogen-bond acceptors (Lipinski definition) is 2. The van der Waals surface area contributed by atoms with Crippen molar-refractivity contribution in [3.8, 4) is 0 Å². The van der Waals surface area contributed by atoms with Gasteiger partial charge in [0.2, 0.25) is 0 Å². The van der Waals surface area contributed by atoms with Gasteiger partial charge in [0, 0.05) is 13.0 Å². The van der Waals surface area contributed by atoms with Crippen molar-refractivity contribution < 1.29 is 15.0 Å². The van der Waals surface area contributed by atoms with Gasteiger partial charge in [-0.15, -0.1) is 0 Å². The molecule has 2 rings (SSSR count). The van der Waals surface area contributed by atoms with E-state index in [4.69, 9.17) is 10.2 Å². The smallest absolute Gasteiger partial charge is 0.303 e. The highest BCUT2D eigenvalue weighted by Crippen LogP contribution is 2.27. The molecule has 0 bridgehead atoms. The Morgan fingerprint density at radius 1 is 0.810 bits per heavy atom. The van der Waals surface area contributed by atoms with Crippen LogP contribution in [-0.2, 0) is 4.79 Å². The van der Waals surface area contributed by atoms with Crippen LogP contribution in [0.1, 0.15) is 89.9 Å². The van der Waals surface area contributed by atoms with Crippen molar-refractivity contribution in [1.82, 2.24) is 0 Å². The van der Waals surface area contributed by atoms with Crippen molar-refractivity contribution in [2.24, 2.45) is 11.8 Å². The first-order chi connectivity index (χ1) is 10.2. The average molecular weight is 298 g/mol. The zero-order valence-corrected chi connectivity index (χ0v) is 13.6. The van der Waals surface area contributed by atoms with Crippen molar-refractivity contribution in [3.05, 3.63) is 0 Å². The molecule has 21 heavy (non-hydrogen) atoms. The molecule has 0 heterocycles. The van der Waals surface area contributed by atoms with E-state index in [0.29, 0.717) is 13.0 Å². The third-order valence-electron chi connectivity index (χ3n) is 4.99. The number of rotatable bonds is 6. The van der Waals surface area contributed by atoms with Gasteiger partial charge in [-0.05, 0) is 31.1 Å². The number of hydrogen-bond donors (Lipinski definition) is 2. The standard InChI is InChI=1S/C10H18O2.C8H16O/c11-10(12)8-4-7-9-5-2-1-3-6-9;9-7-6-8-4-2-1-3-5-8/h9H,1-8H2,(H,11,12);8-9H,1-7H2. The van der Waals surface area contributed by atoms with Crippen LogP contribution in [0.4, 0.5) is 0 Å². The highest BCUT2D eigenvalue weighted by Gasteiger charge is 2.13. The van der Waals surface area contributed by atoms with Crippen molar-refractivity contribution in [2.75, 3.05) is 6.61 Å². The summed E-state index contributed by atoms with van der Waals surface area (Å²) in [5, 5.41) is 17.1. The topological polar surface area (TPSA) is 57.5 Å². The van der Waals surface area contributed by atoms with E-state index in [1.165, 1.54) is 64.2 Å². The molecule has 0 aromatic heterocycles. The molecule has 0 aliphatic heterocycles. The maximum Gasteiger partial charge on any atom is 0.303 e. The molecular formula is C18H34O3. The molecule has 0 unspecified atom stereocenters. The van der Waals surface area contributed by atoms with Gasteiger partial charge in [-0.1, -0.05) is 64.2 Å². The van der Waals surface area contributed by atoms with Crippen LogP contribution in [0, 0.1) is 11.8 Å². The van der Waals surface area contributed by atoms with Crippen molar-refractivity contribution in [3.63, 3.8) is 0 Å². The first-order valence-corrected chi connectivity index (χ1v) is 9.05. The lowest BCUT2D eigenvalue weighted by Gasteiger charge is -2.20. The van der Waals surface area contributed by atoms with E-state index in [2.05, 4.69) is 0 Å². The Kier molecular flexibility index (Phi) is 10.6. The molecule has 3 nitrogen and oxygen atoms in total. The molecule has 0 aromatic rings. The predicted octanol–water partition coefficient (Wildman–Crippen LogP) is 4.77. The Bertz CT molecular complexity index is 250. The number of aliphatic hydroxyl groups excluding tert-OH is 1. The van der Waals surface area contributed by atoms with E-state index < -0.39 is 5.97 Å². The summed E-state index contributed by atoms with van der Waals surface area (Å²) in [7, 11) is 0. The Labute approximate surface area is 130 Å². The summed E-state index contributed by atoms with van der Waals surface area (Å²) in [5.41, 5.74) is 0. The second-order valence-corrected chi connectivity index (χ2v) is 6.81. The van der Waals surface area contributed by atoms with E-state index in [1.54, 1.807) is 0 Å². The van der Waals surface area contributed by atoms with Crippen molar-refractivity contribution in [1.29, 1.82) is 0 Å². The molecular weight excluding hydrogens is 264 g/mol. The van der Waals surface area contributed by atoms with Gasteiger partial charge >= 0.3 is 5.97 Å². The van der Waals surface area contributed by atoms with Gasteiger partial charge in [-0.2, -0.15) is 0 Å². The van der Waals surface area contributed by atoms with Gasteiger partial charge in [-0.25, -0.2) is 0 Å². The van der Waals surface area contributed by atoms with Crippen LogP contribution >= 0.6 is 0 Å². The molecule has 2 aliphatic rings. The minimum atomic E-state index is -0.647. The van der Waals surface area contributed by atoms with Crippen molar-refractivity contribution in [2.45, 2.75) is 89.9 Å². The van der Waals surface area contributed by atoms with Crippen LogP contribution in [0.15, 0.2) is 0 Å². The normalized spacial score (nSPS) is 20.6. The minimum absolute atomic E-state index is 0.358. The number of aliphatic hydroxyl groups is 1. The Balaban J connectivity index is 0.000000219. The molecule has 2 aliphatic carbocycles. The molecule has 0 radical (unpaired) electrons. The van der Waals surface area contributed by atoms with E-state index in [0.717, 1.165) is 31.1 Å². The summed E-state index contributed by atoms with van der Waals surface area (Å²) in [4.78, 5) is 10.2. The number of carboxylic acids is 1. The van der Waals surface area contributed by atoms with Gasteiger partial charge < -0.3 is 10.2 Å². The third-order valence-corrected chi connectivity index (χ3v) is 4.99.